The first kappa shape index (κ1) is 17.0. The second-order valence-corrected chi connectivity index (χ2v) is 5.98. The minimum absolute atomic E-state index is 0.0672. The summed E-state index contributed by atoms with van der Waals surface area (Å²) in [6.07, 6.45) is 0.294. The van der Waals surface area contributed by atoms with Gasteiger partial charge in [0, 0.05) is 12.0 Å². The molecule has 0 saturated heterocycles. The number of aliphatic hydroxyl groups excluding tert-OH is 1. The molecule has 0 heterocycles. The molecular formula is C14H17NO5S. The average Bonchev–Trinajstić information content (AvgIpc) is 2.41. The topological polar surface area (TPSA) is 92.7 Å². The van der Waals surface area contributed by atoms with Crippen molar-refractivity contribution in [3.8, 4) is 11.8 Å². The van der Waals surface area contributed by atoms with E-state index in [0.29, 0.717) is 12.0 Å². The molecule has 0 aliphatic carbocycles. The van der Waals surface area contributed by atoms with Crippen LogP contribution in [0.1, 0.15) is 17.5 Å². The molecule has 1 aromatic carbocycles. The molecule has 1 aromatic rings. The quantitative estimate of drug-likeness (QED) is 0.615. The molecule has 0 bridgehead atoms. The first-order chi connectivity index (χ1) is 9.88. The molecule has 7 heteroatoms. The van der Waals surface area contributed by atoms with Gasteiger partial charge in [-0.2, -0.15) is 0 Å². The minimum atomic E-state index is -3.85. The van der Waals surface area contributed by atoms with Gasteiger partial charge in [0.25, 0.3) is 0 Å². The molecule has 21 heavy (non-hydrogen) atoms. The number of ether oxygens (including phenoxy) is 1. The van der Waals surface area contributed by atoms with Crippen LogP contribution in [0.5, 0.6) is 0 Å². The fraction of sp³-hybridized carbons (Fsp3) is 0.357. The number of hydrogen-bond donors (Lipinski definition) is 2. The molecule has 0 spiro atoms. The van der Waals surface area contributed by atoms with E-state index in [1.807, 2.05) is 6.92 Å². The molecule has 114 valence electrons. The molecule has 1 rings (SSSR count). The smallest absolute Gasteiger partial charge is 0.322 e. The predicted octanol–water partition coefficient (Wildman–Crippen LogP) is 0.644. The Kier molecular flexibility index (Phi) is 6.21. The van der Waals surface area contributed by atoms with Crippen LogP contribution < -0.4 is 4.72 Å². The number of nitrogens with one attached hydrogen (secondary N) is 1. The fourth-order valence-electron chi connectivity index (χ4n) is 1.48. The van der Waals surface area contributed by atoms with Crippen LogP contribution in [0, 0.1) is 18.8 Å². The number of rotatable bonds is 5. The molecule has 0 fully saturated rings. The van der Waals surface area contributed by atoms with Crippen molar-refractivity contribution in [3.05, 3.63) is 29.3 Å². The lowest BCUT2D eigenvalue weighted by Crippen LogP contribution is -2.24. The van der Waals surface area contributed by atoms with Crippen LogP contribution in [0.2, 0.25) is 0 Å². The van der Waals surface area contributed by atoms with E-state index in [9.17, 15) is 13.2 Å². The molecule has 0 aliphatic heterocycles. The van der Waals surface area contributed by atoms with Gasteiger partial charge in [-0.15, -0.1) is 0 Å². The summed E-state index contributed by atoms with van der Waals surface area (Å²) in [6.45, 7) is 1.78. The second kappa shape index (κ2) is 7.67. The first-order valence-electron chi connectivity index (χ1n) is 6.15. The van der Waals surface area contributed by atoms with Gasteiger partial charge >= 0.3 is 5.97 Å². The molecule has 0 saturated carbocycles. The predicted molar refractivity (Wildman–Crippen MR) is 79.2 cm³/mol. The second-order valence-electron chi connectivity index (χ2n) is 4.26. The van der Waals surface area contributed by atoms with Crippen LogP contribution in [-0.2, 0) is 19.6 Å². The molecule has 2 N–H and O–H groups in total. The van der Waals surface area contributed by atoms with Crippen molar-refractivity contribution in [1.82, 2.24) is 0 Å². The molecule has 0 radical (unpaired) electrons. The van der Waals surface area contributed by atoms with Crippen LogP contribution >= 0.6 is 0 Å². The van der Waals surface area contributed by atoms with Crippen molar-refractivity contribution in [3.63, 3.8) is 0 Å². The standard InChI is InChI=1S/C14H17NO5S/c1-11-6-7-13(12(9-11)5-3-4-8-16)15-21(18,19)10-14(17)20-2/h6-7,9,15-16H,4,8,10H2,1-2H3. The Balaban J connectivity index is 3.03. The molecular weight excluding hydrogens is 294 g/mol. The zero-order valence-electron chi connectivity index (χ0n) is 11.8. The Morgan fingerprint density at radius 2 is 2.14 bits per heavy atom. The lowest BCUT2D eigenvalue weighted by Gasteiger charge is -2.09. The Morgan fingerprint density at radius 3 is 2.76 bits per heavy atom. The highest BCUT2D eigenvalue weighted by Gasteiger charge is 2.18. The van der Waals surface area contributed by atoms with Crippen LogP contribution in [0.4, 0.5) is 5.69 Å². The van der Waals surface area contributed by atoms with E-state index in [-0.39, 0.29) is 12.3 Å². The lowest BCUT2D eigenvalue weighted by atomic mass is 10.1. The van der Waals surface area contributed by atoms with Gasteiger partial charge in [0.15, 0.2) is 5.75 Å². The number of methoxy groups -OCH3 is 1. The highest BCUT2D eigenvalue weighted by atomic mass is 32.2. The Hall–Kier alpha value is -2.04. The van der Waals surface area contributed by atoms with E-state index in [1.54, 1.807) is 18.2 Å². The van der Waals surface area contributed by atoms with Gasteiger partial charge < -0.3 is 9.84 Å². The first-order valence-corrected chi connectivity index (χ1v) is 7.81. The van der Waals surface area contributed by atoms with Crippen molar-refractivity contribution in [2.24, 2.45) is 0 Å². The lowest BCUT2D eigenvalue weighted by molar-refractivity contribution is -0.137. The highest BCUT2D eigenvalue weighted by Crippen LogP contribution is 2.18. The summed E-state index contributed by atoms with van der Waals surface area (Å²) in [5, 5.41) is 8.72. The number of anilines is 1. The monoisotopic (exact) mass is 311 g/mol. The maximum Gasteiger partial charge on any atom is 0.322 e. The molecule has 0 unspecified atom stereocenters. The van der Waals surface area contributed by atoms with Gasteiger partial charge in [0.1, 0.15) is 0 Å². The average molecular weight is 311 g/mol. The van der Waals surface area contributed by atoms with Gasteiger partial charge in [0.2, 0.25) is 10.0 Å². The van der Waals surface area contributed by atoms with Gasteiger partial charge in [0.05, 0.1) is 19.4 Å². The summed E-state index contributed by atoms with van der Waals surface area (Å²) < 4.78 is 30.3. The van der Waals surface area contributed by atoms with Crippen molar-refractivity contribution in [2.75, 3.05) is 24.2 Å². The van der Waals surface area contributed by atoms with Gasteiger partial charge in [-0.3, -0.25) is 9.52 Å². The van der Waals surface area contributed by atoms with E-state index < -0.39 is 21.7 Å². The third-order valence-electron chi connectivity index (χ3n) is 2.44. The van der Waals surface area contributed by atoms with Crippen LogP contribution in [0.15, 0.2) is 18.2 Å². The number of carbonyl (C=O) groups is 1. The zero-order chi connectivity index (χ0) is 15.9. The zero-order valence-corrected chi connectivity index (χ0v) is 12.7. The largest absolute Gasteiger partial charge is 0.468 e. The molecule has 6 nitrogen and oxygen atoms in total. The van der Waals surface area contributed by atoms with Gasteiger partial charge in [-0.25, -0.2) is 8.42 Å². The minimum Gasteiger partial charge on any atom is -0.468 e. The van der Waals surface area contributed by atoms with Gasteiger partial charge in [-0.05, 0) is 24.6 Å². The fourth-order valence-corrected chi connectivity index (χ4v) is 2.50. The summed E-state index contributed by atoms with van der Waals surface area (Å²) >= 11 is 0. The number of aryl methyl sites for hydroxylation is 1. The number of esters is 1. The molecule has 0 aromatic heterocycles. The number of carbonyl (C=O) groups excluding carboxylic acids is 1. The third-order valence-corrected chi connectivity index (χ3v) is 3.58. The van der Waals surface area contributed by atoms with Crippen molar-refractivity contribution in [1.29, 1.82) is 0 Å². The van der Waals surface area contributed by atoms with Crippen molar-refractivity contribution < 1.29 is 23.1 Å². The van der Waals surface area contributed by atoms with Gasteiger partial charge in [-0.1, -0.05) is 17.9 Å². The van der Waals surface area contributed by atoms with Crippen LogP contribution in [0.3, 0.4) is 0 Å². The maximum absolute atomic E-state index is 11.8. The molecule has 0 aliphatic rings. The highest BCUT2D eigenvalue weighted by molar-refractivity contribution is 7.93. The van der Waals surface area contributed by atoms with E-state index in [4.69, 9.17) is 5.11 Å². The van der Waals surface area contributed by atoms with Crippen LogP contribution in [-0.4, -0.2) is 39.0 Å². The maximum atomic E-state index is 11.8. The Morgan fingerprint density at radius 1 is 1.43 bits per heavy atom. The number of benzene rings is 1. The van der Waals surface area contributed by atoms with E-state index in [1.165, 1.54) is 0 Å². The van der Waals surface area contributed by atoms with E-state index in [2.05, 4.69) is 21.3 Å². The Labute approximate surface area is 124 Å². The summed E-state index contributed by atoms with van der Waals surface area (Å²) in [6, 6.07) is 5.03. The third kappa shape index (κ3) is 5.85. The Bertz CT molecular complexity index is 670. The molecule has 0 atom stereocenters. The SMILES string of the molecule is COC(=O)CS(=O)(=O)Nc1ccc(C)cc1C#CCCO. The number of aliphatic hydroxyl groups is 1. The van der Waals surface area contributed by atoms with Crippen molar-refractivity contribution in [2.45, 2.75) is 13.3 Å². The van der Waals surface area contributed by atoms with E-state index >= 15 is 0 Å². The molecule has 0 amide bonds. The van der Waals surface area contributed by atoms with Crippen LogP contribution in [0.25, 0.3) is 0 Å². The summed E-state index contributed by atoms with van der Waals surface area (Å²) in [4.78, 5) is 11.1. The number of sulfonamides is 1. The summed E-state index contributed by atoms with van der Waals surface area (Å²) in [5.74, 6) is 3.91. The summed E-state index contributed by atoms with van der Waals surface area (Å²) in [7, 11) is -2.73. The summed E-state index contributed by atoms with van der Waals surface area (Å²) in [5.41, 5.74) is 1.69. The van der Waals surface area contributed by atoms with Crippen molar-refractivity contribution >= 4 is 21.7 Å². The van der Waals surface area contributed by atoms with E-state index in [0.717, 1.165) is 12.7 Å². The normalized spacial score (nSPS) is 10.4. The number of hydrogen-bond acceptors (Lipinski definition) is 5.